The molecule has 3 heterocycles. The number of benzene rings is 1. The van der Waals surface area contributed by atoms with E-state index in [1.807, 2.05) is 0 Å². The molecule has 606 valence electrons. The second-order valence-corrected chi connectivity index (χ2v) is 24.4. The van der Waals surface area contributed by atoms with Gasteiger partial charge in [-0.1, -0.05) is 12.1 Å². The highest BCUT2D eigenvalue weighted by molar-refractivity contribution is 5.86. The maximum atomic E-state index is 14.5. The highest BCUT2D eigenvalue weighted by Gasteiger charge is 2.54. The maximum absolute atomic E-state index is 14.5. The summed E-state index contributed by atoms with van der Waals surface area (Å²) in [5.41, 5.74) is 0.479. The van der Waals surface area contributed by atoms with Gasteiger partial charge in [0.2, 0.25) is 35.4 Å². The van der Waals surface area contributed by atoms with Crippen molar-refractivity contribution in [3.8, 4) is 5.75 Å². The van der Waals surface area contributed by atoms with Crippen molar-refractivity contribution in [2.24, 2.45) is 0 Å². The second-order valence-electron chi connectivity index (χ2n) is 24.4. The molecular weight excluding hydrogens is 1450 g/mol. The zero-order chi connectivity index (χ0) is 80.2. The number of aromatic hydroxyl groups is 1. The number of rotatable bonds is 44. The second kappa shape index (κ2) is 47.5. The number of carbonyl (C=O) groups excluding carboxylic acids is 15. The van der Waals surface area contributed by atoms with Crippen LogP contribution in [0.15, 0.2) is 24.3 Å². The standard InChI is InChI=1S/C67H99N7O34/c1-35(75)71-55-61(103-44(10)84)58(100-41(7)81)50(32-97-38(4)78)106-65(55)94-26-23-91-20-17-68-53(88)30-74(31-54(89)69-18-21-92-24-27-95-66-56(72-36(2)76)62(104-45(11)85)59(101-42(8)82)51(107-66)33-98-39(5)79)49(29-47-13-15-48(87)16-14-47)64(90)70-19-22-93-25-28-96-67-57(73-37(3)77)63(105-46(12)86)60(102-43(9)83)52(108-67)34-99-40(6)80/h13-16,49-52,55-63,65-67,87H,17-34H2,1-12H3,(H,68,88)(H,69,89)(H,70,90)(H,71,75)(H,72,76)(H,73,77). The Bertz CT molecular complexity index is 3060. The summed E-state index contributed by atoms with van der Waals surface area (Å²) in [5.74, 6) is -11.1. The number of esters is 9. The molecule has 0 saturated carbocycles. The van der Waals surface area contributed by atoms with Crippen molar-refractivity contribution in [3.63, 3.8) is 0 Å². The molecule has 108 heavy (non-hydrogen) atoms. The van der Waals surface area contributed by atoms with Crippen LogP contribution in [0.2, 0.25) is 0 Å². The van der Waals surface area contributed by atoms with Gasteiger partial charge in [0.15, 0.2) is 55.5 Å². The van der Waals surface area contributed by atoms with Gasteiger partial charge in [-0.05, 0) is 24.1 Å². The van der Waals surface area contributed by atoms with Gasteiger partial charge >= 0.3 is 53.7 Å². The molecule has 0 spiro atoms. The Morgan fingerprint density at radius 2 is 0.667 bits per heavy atom. The SMILES string of the molecule is CC(=O)NC1C(OCCOCCNC(=O)CN(CC(=O)NCCOCCOC2OC(COC(C)=O)C(OC(C)=O)C(OC(C)=O)C2NC(C)=O)C(Cc2ccc(O)cc2)C(=O)NCCOCCOC2OC(COC(C)=O)C(OC(C)=O)C(OC(C)=O)C2NC(C)=O)OC(COC(C)=O)C(OC(C)=O)C1OC(C)=O. The number of nitrogens with one attached hydrogen (secondary N) is 6. The highest BCUT2D eigenvalue weighted by atomic mass is 16.7. The van der Waals surface area contributed by atoms with Gasteiger partial charge in [0.05, 0.1) is 78.6 Å². The molecule has 0 aromatic heterocycles. The molecule has 3 saturated heterocycles. The fraction of sp³-hybridized carbons (Fsp3) is 0.687. The lowest BCUT2D eigenvalue weighted by atomic mass is 9.96. The number of carbonyl (C=O) groups is 15. The molecule has 3 aliphatic heterocycles. The fourth-order valence-electron chi connectivity index (χ4n) is 11.2. The summed E-state index contributed by atoms with van der Waals surface area (Å²) in [6.07, 6.45) is -16.4. The van der Waals surface area contributed by atoms with Gasteiger partial charge in [-0.2, -0.15) is 0 Å². The molecule has 7 N–H and O–H groups in total. The minimum Gasteiger partial charge on any atom is -0.508 e. The van der Waals surface area contributed by atoms with E-state index in [2.05, 4.69) is 31.9 Å². The number of amides is 6. The Labute approximate surface area is 621 Å². The first-order valence-electron chi connectivity index (χ1n) is 34.2. The fourth-order valence-corrected chi connectivity index (χ4v) is 11.2. The lowest BCUT2D eigenvalue weighted by Gasteiger charge is -2.44. The molecule has 0 aliphatic carbocycles. The number of hydrogen-bond donors (Lipinski definition) is 7. The first-order chi connectivity index (χ1) is 51.1. The first-order valence-corrected chi connectivity index (χ1v) is 34.2. The molecule has 3 fully saturated rings. The van der Waals surface area contributed by atoms with E-state index in [-0.39, 0.29) is 91.3 Å². The van der Waals surface area contributed by atoms with Gasteiger partial charge in [0, 0.05) is 103 Å². The summed E-state index contributed by atoms with van der Waals surface area (Å²) < 4.78 is 101. The zero-order valence-corrected chi connectivity index (χ0v) is 62.1. The zero-order valence-electron chi connectivity index (χ0n) is 62.1. The first kappa shape index (κ1) is 91.1. The van der Waals surface area contributed by atoms with E-state index in [0.29, 0.717) is 5.56 Å². The minimum absolute atomic E-state index is 0.107. The van der Waals surface area contributed by atoms with E-state index in [0.717, 1.165) is 62.3 Å². The Morgan fingerprint density at radius 3 is 0.944 bits per heavy atom. The highest BCUT2D eigenvalue weighted by Crippen LogP contribution is 2.31. The topological polar surface area (TPSA) is 518 Å². The molecule has 0 radical (unpaired) electrons. The van der Waals surface area contributed by atoms with Gasteiger partial charge in [0.25, 0.3) is 0 Å². The molecule has 16 atom stereocenters. The molecule has 16 unspecified atom stereocenters. The summed E-state index contributed by atoms with van der Waals surface area (Å²) in [7, 11) is 0. The van der Waals surface area contributed by atoms with Gasteiger partial charge in [-0.3, -0.25) is 76.8 Å². The Hall–Kier alpha value is -9.33. The number of phenols is 1. The molecule has 0 bridgehead atoms. The van der Waals surface area contributed by atoms with Crippen molar-refractivity contribution in [1.29, 1.82) is 0 Å². The van der Waals surface area contributed by atoms with E-state index in [4.69, 9.17) is 85.3 Å². The molecule has 3 aliphatic rings. The van der Waals surface area contributed by atoms with Gasteiger partial charge in [-0.25, -0.2) is 0 Å². The Balaban J connectivity index is 1.50. The molecule has 6 amide bonds. The van der Waals surface area contributed by atoms with E-state index >= 15 is 0 Å². The van der Waals surface area contributed by atoms with Crippen LogP contribution in [0.3, 0.4) is 0 Å². The number of ether oxygens (including phenoxy) is 18. The minimum atomic E-state index is -1.41. The third-order valence-electron chi connectivity index (χ3n) is 15.2. The smallest absolute Gasteiger partial charge is 0.303 e. The monoisotopic (exact) mass is 1550 g/mol. The van der Waals surface area contributed by atoms with Crippen LogP contribution in [0.4, 0.5) is 0 Å². The number of phenolic OH excluding ortho intramolecular Hbond substituents is 1. The van der Waals surface area contributed by atoms with E-state index in [1.54, 1.807) is 0 Å². The summed E-state index contributed by atoms with van der Waals surface area (Å²) >= 11 is 0. The molecule has 1 aromatic rings. The van der Waals surface area contributed by atoms with Crippen LogP contribution in [0, 0.1) is 0 Å². The normalized spacial score (nSPS) is 24.0. The Kier molecular flexibility index (Phi) is 40.0. The van der Waals surface area contributed by atoms with Gasteiger partial charge in [-0.15, -0.1) is 0 Å². The van der Waals surface area contributed by atoms with Crippen molar-refractivity contribution < 1.29 is 162 Å². The molecule has 1 aromatic carbocycles. The summed E-state index contributed by atoms with van der Waals surface area (Å²) in [4.78, 5) is 190. The van der Waals surface area contributed by atoms with Crippen molar-refractivity contribution in [1.82, 2.24) is 36.8 Å². The molecule has 41 heteroatoms. The van der Waals surface area contributed by atoms with E-state index in [1.165, 1.54) is 49.9 Å². The van der Waals surface area contributed by atoms with Crippen LogP contribution in [0.25, 0.3) is 0 Å². The quantitative estimate of drug-likeness (QED) is 0.0186. The predicted octanol–water partition coefficient (Wildman–Crippen LogP) is -3.98. The Morgan fingerprint density at radius 1 is 0.380 bits per heavy atom. The van der Waals surface area contributed by atoms with Gasteiger partial charge < -0.3 is 122 Å². The van der Waals surface area contributed by atoms with Crippen LogP contribution in [-0.4, -0.2) is 309 Å². The summed E-state index contributed by atoms with van der Waals surface area (Å²) in [5, 5.41) is 26.1. The van der Waals surface area contributed by atoms with Crippen LogP contribution in [0.5, 0.6) is 5.75 Å². The average molecular weight is 1550 g/mol. The van der Waals surface area contributed by atoms with Crippen molar-refractivity contribution in [2.75, 3.05) is 112 Å². The number of hydrogen-bond acceptors (Lipinski definition) is 35. The van der Waals surface area contributed by atoms with E-state index in [9.17, 15) is 77.0 Å². The van der Waals surface area contributed by atoms with Crippen molar-refractivity contribution in [3.05, 3.63) is 29.8 Å². The van der Waals surface area contributed by atoms with Crippen LogP contribution in [0.1, 0.15) is 88.6 Å². The average Bonchev–Trinajstić information content (AvgIpc) is 0.798. The van der Waals surface area contributed by atoms with Crippen molar-refractivity contribution >= 4 is 89.2 Å². The van der Waals surface area contributed by atoms with Crippen LogP contribution >= 0.6 is 0 Å². The summed E-state index contributed by atoms with van der Waals surface area (Å²) in [6.45, 7) is 8.54. The van der Waals surface area contributed by atoms with Crippen LogP contribution < -0.4 is 31.9 Å². The van der Waals surface area contributed by atoms with Gasteiger partial charge in [0.1, 0.15) is 62.0 Å². The third kappa shape index (κ3) is 33.9. The largest absolute Gasteiger partial charge is 0.508 e. The maximum Gasteiger partial charge on any atom is 0.303 e. The third-order valence-corrected chi connectivity index (χ3v) is 15.2. The van der Waals surface area contributed by atoms with E-state index < -0.39 is 220 Å². The molecular formula is C67H99N7O34. The number of nitrogens with zero attached hydrogens (tertiary/aromatic N) is 1. The predicted molar refractivity (Wildman–Crippen MR) is 359 cm³/mol. The summed E-state index contributed by atoms with van der Waals surface area (Å²) in [6, 6.07) is 0.673. The van der Waals surface area contributed by atoms with Crippen LogP contribution in [-0.2, 0) is 164 Å². The molecule has 4 rings (SSSR count). The lowest BCUT2D eigenvalue weighted by molar-refractivity contribution is -0.279. The van der Waals surface area contributed by atoms with Crippen molar-refractivity contribution in [2.45, 2.75) is 187 Å². The lowest BCUT2D eigenvalue weighted by Crippen LogP contribution is -2.66. The molecule has 41 nitrogen and oxygen atoms in total.